The molecule has 0 fully saturated rings. The van der Waals surface area contributed by atoms with Gasteiger partial charge in [0.15, 0.2) is 0 Å². The minimum absolute atomic E-state index is 0.127. The van der Waals surface area contributed by atoms with E-state index in [0.29, 0.717) is 5.69 Å². The van der Waals surface area contributed by atoms with Gasteiger partial charge in [0.1, 0.15) is 12.1 Å². The second kappa shape index (κ2) is 4.07. The molecule has 1 rings (SSSR count). The molecule has 0 saturated carbocycles. The number of nitrogens with two attached hydrogens (primary N) is 1. The van der Waals surface area contributed by atoms with E-state index in [1.54, 1.807) is 6.07 Å². The highest BCUT2D eigenvalue weighted by molar-refractivity contribution is 5.70. The van der Waals surface area contributed by atoms with Crippen LogP contribution in [0.25, 0.3) is 0 Å². The van der Waals surface area contributed by atoms with Crippen LogP contribution in [0.1, 0.15) is 12.1 Å². The van der Waals surface area contributed by atoms with Crippen molar-refractivity contribution in [3.63, 3.8) is 0 Å². The Balaban J connectivity index is 2.72. The Bertz CT molecular complexity index is 378. The molecule has 5 nitrogen and oxygen atoms in total. The number of aromatic nitrogens is 2. The van der Waals surface area contributed by atoms with E-state index in [2.05, 4.69) is 21.8 Å². The summed E-state index contributed by atoms with van der Waals surface area (Å²) in [5.41, 5.74) is 5.71. The van der Waals surface area contributed by atoms with Gasteiger partial charge in [0.05, 0.1) is 0 Å². The van der Waals surface area contributed by atoms with E-state index in [0.717, 1.165) is 0 Å². The third-order valence-electron chi connectivity index (χ3n) is 1.13. The number of hydrogen-bond acceptors (Lipinski definition) is 4. The Hall–Kier alpha value is -2.09. The largest absolute Gasteiger partial charge is 0.481 e. The first kappa shape index (κ1) is 9.00. The van der Waals surface area contributed by atoms with Gasteiger partial charge in [-0.25, -0.2) is 9.97 Å². The quantitative estimate of drug-likeness (QED) is 0.584. The highest BCUT2D eigenvalue weighted by Crippen LogP contribution is 1.93. The standard InChI is InChI=1S/C8H7N3O2/c9-8-10-5-4-6(11-8)2-1-3-7(12)13/h4-5H,3H2,(H,12,13)(H2,9,10,11). The lowest BCUT2D eigenvalue weighted by Crippen LogP contribution is -1.95. The summed E-state index contributed by atoms with van der Waals surface area (Å²) in [5, 5.41) is 8.29. The van der Waals surface area contributed by atoms with Gasteiger partial charge in [-0.15, -0.1) is 0 Å². The maximum absolute atomic E-state index is 10.1. The molecule has 0 atom stereocenters. The summed E-state index contributed by atoms with van der Waals surface area (Å²) < 4.78 is 0. The number of hydrogen-bond donors (Lipinski definition) is 2. The number of carbonyl (C=O) groups is 1. The van der Waals surface area contributed by atoms with Gasteiger partial charge in [-0.05, 0) is 12.0 Å². The molecule has 3 N–H and O–H groups in total. The molecule has 0 amide bonds. The fourth-order valence-corrected chi connectivity index (χ4v) is 0.654. The van der Waals surface area contributed by atoms with Gasteiger partial charge >= 0.3 is 5.97 Å². The van der Waals surface area contributed by atoms with E-state index in [-0.39, 0.29) is 12.4 Å². The summed E-state index contributed by atoms with van der Waals surface area (Å²) in [6.45, 7) is 0. The molecule has 0 unspecified atom stereocenters. The smallest absolute Gasteiger partial charge is 0.315 e. The summed E-state index contributed by atoms with van der Waals surface area (Å²) in [6, 6.07) is 1.56. The minimum Gasteiger partial charge on any atom is -0.481 e. The summed E-state index contributed by atoms with van der Waals surface area (Å²) in [7, 11) is 0. The molecule has 1 heterocycles. The Morgan fingerprint density at radius 1 is 1.69 bits per heavy atom. The van der Waals surface area contributed by atoms with Crippen molar-refractivity contribution in [3.05, 3.63) is 18.0 Å². The van der Waals surface area contributed by atoms with E-state index in [1.165, 1.54) is 6.20 Å². The summed E-state index contributed by atoms with van der Waals surface area (Å²) >= 11 is 0. The summed E-state index contributed by atoms with van der Waals surface area (Å²) in [5.74, 6) is 4.15. The Labute approximate surface area is 74.6 Å². The number of anilines is 1. The van der Waals surface area contributed by atoms with Crippen LogP contribution in [-0.4, -0.2) is 21.0 Å². The maximum Gasteiger partial charge on any atom is 0.315 e. The Kier molecular flexibility index (Phi) is 2.82. The Morgan fingerprint density at radius 3 is 3.08 bits per heavy atom. The van der Waals surface area contributed by atoms with Crippen molar-refractivity contribution in [3.8, 4) is 11.8 Å². The number of nitrogens with zero attached hydrogens (tertiary/aromatic N) is 2. The van der Waals surface area contributed by atoms with Crippen LogP contribution in [0.5, 0.6) is 0 Å². The van der Waals surface area contributed by atoms with E-state index < -0.39 is 5.97 Å². The van der Waals surface area contributed by atoms with Crippen molar-refractivity contribution in [1.82, 2.24) is 9.97 Å². The first-order valence-corrected chi connectivity index (χ1v) is 3.47. The monoisotopic (exact) mass is 177 g/mol. The zero-order chi connectivity index (χ0) is 9.68. The second-order valence-corrected chi connectivity index (χ2v) is 2.17. The summed E-state index contributed by atoms with van der Waals surface area (Å²) in [4.78, 5) is 17.5. The van der Waals surface area contributed by atoms with Crippen molar-refractivity contribution in [2.75, 3.05) is 5.73 Å². The number of carboxylic acids is 1. The zero-order valence-corrected chi connectivity index (χ0v) is 6.69. The highest BCUT2D eigenvalue weighted by atomic mass is 16.4. The molecule has 5 heteroatoms. The highest BCUT2D eigenvalue weighted by Gasteiger charge is 1.91. The number of aliphatic carboxylic acids is 1. The molecule has 0 aliphatic heterocycles. The summed E-state index contributed by atoms with van der Waals surface area (Å²) in [6.07, 6.45) is 1.26. The van der Waals surface area contributed by atoms with Crippen LogP contribution >= 0.6 is 0 Å². The predicted molar refractivity (Wildman–Crippen MR) is 45.6 cm³/mol. The normalized spacial score (nSPS) is 8.62. The average molecular weight is 177 g/mol. The van der Waals surface area contributed by atoms with Crippen molar-refractivity contribution >= 4 is 11.9 Å². The van der Waals surface area contributed by atoms with E-state index >= 15 is 0 Å². The van der Waals surface area contributed by atoms with Crippen LogP contribution in [0, 0.1) is 11.8 Å². The molecule has 66 valence electrons. The van der Waals surface area contributed by atoms with Crippen molar-refractivity contribution < 1.29 is 9.90 Å². The van der Waals surface area contributed by atoms with Gasteiger partial charge in [0.2, 0.25) is 5.95 Å². The van der Waals surface area contributed by atoms with Gasteiger partial charge in [-0.2, -0.15) is 0 Å². The van der Waals surface area contributed by atoms with Gasteiger partial charge in [-0.1, -0.05) is 5.92 Å². The first-order chi connectivity index (χ1) is 6.18. The van der Waals surface area contributed by atoms with Gasteiger partial charge in [0.25, 0.3) is 0 Å². The van der Waals surface area contributed by atoms with Gasteiger partial charge < -0.3 is 10.8 Å². The molecular weight excluding hydrogens is 170 g/mol. The van der Waals surface area contributed by atoms with Crippen LogP contribution in [0.15, 0.2) is 12.3 Å². The van der Waals surface area contributed by atoms with Crippen molar-refractivity contribution in [2.45, 2.75) is 6.42 Å². The van der Waals surface area contributed by atoms with Crippen LogP contribution < -0.4 is 5.73 Å². The molecule has 0 saturated heterocycles. The maximum atomic E-state index is 10.1. The molecule has 0 spiro atoms. The van der Waals surface area contributed by atoms with Crippen molar-refractivity contribution in [2.24, 2.45) is 0 Å². The molecule has 1 aromatic heterocycles. The van der Waals surface area contributed by atoms with Crippen LogP contribution in [0.2, 0.25) is 0 Å². The van der Waals surface area contributed by atoms with E-state index in [1.807, 2.05) is 0 Å². The predicted octanol–water partition coefficient (Wildman–Crippen LogP) is -0.115. The molecular formula is C8H7N3O2. The number of rotatable bonds is 1. The molecule has 0 radical (unpaired) electrons. The zero-order valence-electron chi connectivity index (χ0n) is 6.69. The second-order valence-electron chi connectivity index (χ2n) is 2.17. The first-order valence-electron chi connectivity index (χ1n) is 3.47. The fourth-order valence-electron chi connectivity index (χ4n) is 0.654. The SMILES string of the molecule is Nc1nccc(C#CCC(=O)O)n1. The molecule has 0 aliphatic carbocycles. The van der Waals surface area contributed by atoms with Gasteiger partial charge in [0, 0.05) is 6.20 Å². The molecule has 1 aromatic rings. The molecule has 0 aliphatic rings. The lowest BCUT2D eigenvalue weighted by molar-refractivity contribution is -0.135. The number of nitrogen functional groups attached to an aromatic ring is 1. The average Bonchev–Trinajstić information content (AvgIpc) is 2.03. The Morgan fingerprint density at radius 2 is 2.46 bits per heavy atom. The molecule has 13 heavy (non-hydrogen) atoms. The third-order valence-corrected chi connectivity index (χ3v) is 1.13. The van der Waals surface area contributed by atoms with Crippen LogP contribution in [0.3, 0.4) is 0 Å². The van der Waals surface area contributed by atoms with Crippen LogP contribution in [0.4, 0.5) is 5.95 Å². The molecule has 0 aromatic carbocycles. The lowest BCUT2D eigenvalue weighted by Gasteiger charge is -1.89. The molecule has 0 bridgehead atoms. The van der Waals surface area contributed by atoms with Gasteiger partial charge in [-0.3, -0.25) is 4.79 Å². The number of carboxylic acid groups (broad SMARTS) is 1. The fraction of sp³-hybridized carbons (Fsp3) is 0.125. The minimum atomic E-state index is -0.963. The lowest BCUT2D eigenvalue weighted by atomic mass is 10.3. The topological polar surface area (TPSA) is 89.1 Å². The van der Waals surface area contributed by atoms with E-state index in [9.17, 15) is 4.79 Å². The van der Waals surface area contributed by atoms with Crippen molar-refractivity contribution in [1.29, 1.82) is 0 Å². The van der Waals surface area contributed by atoms with E-state index in [4.69, 9.17) is 10.8 Å². The third kappa shape index (κ3) is 3.20. The van der Waals surface area contributed by atoms with Crippen LogP contribution in [-0.2, 0) is 4.79 Å².